The van der Waals surface area contributed by atoms with Gasteiger partial charge in [0.25, 0.3) is 0 Å². The maximum Gasteiger partial charge on any atom is 0.238 e. The predicted octanol–water partition coefficient (Wildman–Crippen LogP) is 3.97. The molecule has 2 heterocycles. The molecule has 1 atom stereocenters. The minimum absolute atomic E-state index is 0.0313. The number of ketones is 1. The van der Waals surface area contributed by atoms with Gasteiger partial charge in [-0.05, 0) is 41.3 Å². The van der Waals surface area contributed by atoms with Crippen LogP contribution in [0.1, 0.15) is 27.5 Å². The van der Waals surface area contributed by atoms with Crippen LogP contribution in [0.4, 0.5) is 0 Å². The number of hydrogen-bond donors (Lipinski definition) is 3. The third kappa shape index (κ3) is 5.39. The largest absolute Gasteiger partial charge is 0.360 e. The number of nitrogens with two attached hydrogens (primary N) is 1. The lowest BCUT2D eigenvalue weighted by molar-refractivity contribution is 0.0945. The lowest BCUT2D eigenvalue weighted by Gasteiger charge is -2.18. The van der Waals surface area contributed by atoms with E-state index in [1.165, 1.54) is 12.1 Å². The molecule has 0 radical (unpaired) electrons. The molecule has 188 valence electrons. The summed E-state index contributed by atoms with van der Waals surface area (Å²) in [6.07, 6.45) is 6.15. The first-order chi connectivity index (χ1) is 17.8. The van der Waals surface area contributed by atoms with E-state index in [4.69, 9.17) is 5.14 Å². The Kier molecular flexibility index (Phi) is 6.75. The summed E-state index contributed by atoms with van der Waals surface area (Å²) < 4.78 is 24.8. The summed E-state index contributed by atoms with van der Waals surface area (Å²) in [4.78, 5) is 17.1. The van der Waals surface area contributed by atoms with E-state index in [2.05, 4.69) is 15.4 Å². The van der Waals surface area contributed by atoms with Crippen LogP contribution < -0.4 is 10.5 Å². The number of carbonyl (C=O) groups is 1. The Morgan fingerprint density at radius 2 is 1.81 bits per heavy atom. The highest BCUT2D eigenvalue weighted by molar-refractivity contribution is 7.89. The number of H-pyrrole nitrogens is 1. The lowest BCUT2D eigenvalue weighted by atomic mass is 9.96. The van der Waals surface area contributed by atoms with Crippen LogP contribution >= 0.6 is 0 Å². The van der Waals surface area contributed by atoms with Crippen molar-refractivity contribution in [2.45, 2.75) is 17.4 Å². The molecule has 3 aromatic carbocycles. The zero-order chi connectivity index (χ0) is 26.0. The van der Waals surface area contributed by atoms with E-state index >= 15 is 0 Å². The second-order valence-electron chi connectivity index (χ2n) is 8.97. The molecule has 5 aromatic rings. The summed E-state index contributed by atoms with van der Waals surface area (Å²) in [6, 6.07) is 21.5. The van der Waals surface area contributed by atoms with E-state index in [0.717, 1.165) is 33.2 Å². The number of aromatic amines is 1. The molecule has 0 unspecified atom stereocenters. The molecular weight excluding hydrogens is 486 g/mol. The minimum atomic E-state index is -3.73. The highest BCUT2D eigenvalue weighted by atomic mass is 32.2. The molecule has 0 bridgehead atoms. The minimum Gasteiger partial charge on any atom is -0.360 e. The van der Waals surface area contributed by atoms with Gasteiger partial charge >= 0.3 is 0 Å². The number of nitrogens with zero attached hydrogens (tertiary/aromatic N) is 2. The summed E-state index contributed by atoms with van der Waals surface area (Å²) in [5.41, 5.74) is 5.34. The van der Waals surface area contributed by atoms with Crippen LogP contribution in [-0.4, -0.2) is 35.5 Å². The van der Waals surface area contributed by atoms with Crippen molar-refractivity contribution in [1.82, 2.24) is 20.1 Å². The van der Waals surface area contributed by atoms with Crippen molar-refractivity contribution in [2.75, 3.05) is 6.54 Å². The molecule has 0 saturated heterocycles. The van der Waals surface area contributed by atoms with Crippen LogP contribution in [0.3, 0.4) is 0 Å². The first-order valence-electron chi connectivity index (χ1n) is 11.8. The van der Waals surface area contributed by atoms with Crippen LogP contribution in [0, 0.1) is 0 Å². The van der Waals surface area contributed by atoms with Gasteiger partial charge in [-0.1, -0.05) is 54.6 Å². The van der Waals surface area contributed by atoms with Gasteiger partial charge in [-0.25, -0.2) is 13.6 Å². The Hall–Kier alpha value is -4.05. The molecule has 0 aliphatic rings. The topological polar surface area (TPSA) is 123 Å². The summed E-state index contributed by atoms with van der Waals surface area (Å²) in [5, 5.41) is 13.7. The second kappa shape index (κ2) is 10.1. The first kappa shape index (κ1) is 24.6. The number of sulfonamides is 1. The smallest absolute Gasteiger partial charge is 0.238 e. The molecule has 37 heavy (non-hydrogen) atoms. The van der Waals surface area contributed by atoms with Gasteiger partial charge in [0.1, 0.15) is 0 Å². The monoisotopic (exact) mass is 513 g/mol. The third-order valence-electron chi connectivity index (χ3n) is 6.39. The predicted molar refractivity (Wildman–Crippen MR) is 144 cm³/mol. The number of carbonyl (C=O) groups excluding carboxylic acids is 1. The van der Waals surface area contributed by atoms with E-state index in [-0.39, 0.29) is 10.7 Å². The van der Waals surface area contributed by atoms with Crippen molar-refractivity contribution in [2.24, 2.45) is 12.2 Å². The van der Waals surface area contributed by atoms with Crippen LogP contribution in [0.5, 0.6) is 0 Å². The van der Waals surface area contributed by atoms with E-state index in [9.17, 15) is 13.2 Å². The number of Topliss-reactive ketones (excluding diaryl/α,β-unsaturated/α-hetero) is 1. The van der Waals surface area contributed by atoms with E-state index in [0.29, 0.717) is 18.5 Å². The van der Waals surface area contributed by atoms with Crippen molar-refractivity contribution in [1.29, 1.82) is 0 Å². The fourth-order valence-corrected chi connectivity index (χ4v) is 4.96. The molecule has 0 aliphatic carbocycles. The van der Waals surface area contributed by atoms with Crippen molar-refractivity contribution in [3.05, 3.63) is 108 Å². The molecule has 8 nitrogen and oxygen atoms in total. The van der Waals surface area contributed by atoms with Crippen molar-refractivity contribution in [3.63, 3.8) is 0 Å². The fourth-order valence-electron chi connectivity index (χ4n) is 4.45. The molecule has 0 spiro atoms. The number of hydrogen-bond acceptors (Lipinski definition) is 5. The van der Waals surface area contributed by atoms with Gasteiger partial charge in [0.15, 0.2) is 5.78 Å². The number of benzene rings is 3. The number of rotatable bonds is 9. The number of primary sulfonamides is 1. The average Bonchev–Trinajstić information content (AvgIpc) is 3.52. The normalized spacial score (nSPS) is 12.6. The van der Waals surface area contributed by atoms with Crippen LogP contribution in [0.25, 0.3) is 22.0 Å². The molecule has 4 N–H and O–H groups in total. The molecule has 5 rings (SSSR count). The van der Waals surface area contributed by atoms with Crippen molar-refractivity contribution < 1.29 is 13.2 Å². The Morgan fingerprint density at radius 3 is 2.49 bits per heavy atom. The van der Waals surface area contributed by atoms with Gasteiger partial charge in [-0.3, -0.25) is 9.48 Å². The highest BCUT2D eigenvalue weighted by Crippen LogP contribution is 2.28. The fraction of sp³-hybridized carbons (Fsp3) is 0.143. The zero-order valence-corrected chi connectivity index (χ0v) is 21.1. The number of nitrogens with one attached hydrogen (secondary N) is 2. The lowest BCUT2D eigenvalue weighted by Crippen LogP contribution is -2.30. The van der Waals surface area contributed by atoms with Gasteiger partial charge in [0.2, 0.25) is 10.0 Å². The van der Waals surface area contributed by atoms with Gasteiger partial charge in [-0.15, -0.1) is 0 Å². The number of fused-ring (bicyclic) bond motifs is 1. The Balaban J connectivity index is 1.37. The van der Waals surface area contributed by atoms with Gasteiger partial charge in [-0.2, -0.15) is 5.10 Å². The molecule has 0 amide bonds. The van der Waals surface area contributed by atoms with Crippen LogP contribution in [0.2, 0.25) is 0 Å². The highest BCUT2D eigenvalue weighted by Gasteiger charge is 2.24. The summed E-state index contributed by atoms with van der Waals surface area (Å²) >= 11 is 0. The molecule has 0 saturated carbocycles. The zero-order valence-electron chi connectivity index (χ0n) is 20.3. The summed E-state index contributed by atoms with van der Waals surface area (Å²) in [5.74, 6) is -0.0313. The Morgan fingerprint density at radius 1 is 1.05 bits per heavy atom. The van der Waals surface area contributed by atoms with Crippen molar-refractivity contribution in [3.8, 4) is 11.1 Å². The first-order valence-corrected chi connectivity index (χ1v) is 13.4. The van der Waals surface area contributed by atoms with Gasteiger partial charge in [0, 0.05) is 48.0 Å². The Bertz CT molecular complexity index is 1660. The molecular formula is C28H27N5O3S. The van der Waals surface area contributed by atoms with Crippen LogP contribution in [0.15, 0.2) is 96.3 Å². The third-order valence-corrected chi connectivity index (χ3v) is 7.32. The standard InChI is InChI=1S/C28H27N5O3S/c1-33-18-22(16-32-33)21-9-12-24-25(17-31-26(24)15-21)28(34)27(20-5-3-2-4-6-20)30-14-13-19-7-10-23(11-8-19)37(29,35)36/h2-12,15-18,27,30-31H,13-14H2,1H3,(H2,29,35,36)/t27-/m1/s1. The van der Waals surface area contributed by atoms with E-state index in [1.54, 1.807) is 23.0 Å². The maximum absolute atomic E-state index is 13.8. The van der Waals surface area contributed by atoms with Crippen molar-refractivity contribution >= 4 is 26.7 Å². The maximum atomic E-state index is 13.8. The quantitative estimate of drug-likeness (QED) is 0.257. The molecule has 0 fully saturated rings. The van der Waals surface area contributed by atoms with Gasteiger partial charge < -0.3 is 10.3 Å². The SMILES string of the molecule is Cn1cc(-c2ccc3c(C(=O)[C@H](NCCc4ccc(S(N)(=O)=O)cc4)c4ccccc4)c[nH]c3c2)cn1. The number of aryl methyl sites for hydroxylation is 1. The molecule has 9 heteroatoms. The van der Waals surface area contributed by atoms with E-state index in [1.807, 2.05) is 68.0 Å². The average molecular weight is 514 g/mol. The summed E-state index contributed by atoms with van der Waals surface area (Å²) in [7, 11) is -1.85. The molecule has 2 aromatic heterocycles. The summed E-state index contributed by atoms with van der Waals surface area (Å²) in [6.45, 7) is 0.521. The van der Waals surface area contributed by atoms with E-state index < -0.39 is 16.1 Å². The van der Waals surface area contributed by atoms with Gasteiger partial charge in [0.05, 0.1) is 17.1 Å². The second-order valence-corrected chi connectivity index (χ2v) is 10.5. The number of aromatic nitrogens is 3. The molecule has 0 aliphatic heterocycles. The van der Waals surface area contributed by atoms with Crippen LogP contribution in [-0.2, 0) is 23.5 Å². The Labute approximate surface area is 215 Å².